The van der Waals surface area contributed by atoms with Crippen molar-refractivity contribution in [3.8, 4) is 21.9 Å². The van der Waals surface area contributed by atoms with Crippen LogP contribution in [0.5, 0.6) is 0 Å². The Morgan fingerprint density at radius 2 is 1.92 bits per heavy atom. The lowest BCUT2D eigenvalue weighted by Gasteiger charge is -2.16. The number of rotatable bonds is 7. The zero-order valence-electron chi connectivity index (χ0n) is 26.0. The third-order valence-electron chi connectivity index (χ3n) is 9.64. The summed E-state index contributed by atoms with van der Waals surface area (Å²) in [6, 6.07) is 12.6. The predicted octanol–water partition coefficient (Wildman–Crippen LogP) is 8.08. The Morgan fingerprint density at radius 3 is 2.75 bits per heavy atom. The Kier molecular flexibility index (Phi) is 7.01. The van der Waals surface area contributed by atoms with Gasteiger partial charge < -0.3 is 14.6 Å². The molecule has 1 aromatic carbocycles. The van der Waals surface area contributed by atoms with Gasteiger partial charge in [0.15, 0.2) is 0 Å². The molecule has 1 N–H and O–H groups in total. The number of amides is 1. The van der Waals surface area contributed by atoms with Crippen molar-refractivity contribution in [2.75, 3.05) is 11.9 Å². The fourth-order valence-corrected chi connectivity index (χ4v) is 8.80. The fraction of sp³-hybridized carbons (Fsp3) is 0.278. The number of carbonyl (C=O) groups excluding carboxylic acids is 1. The van der Waals surface area contributed by atoms with Crippen LogP contribution in [0.1, 0.15) is 75.8 Å². The number of benzene rings is 1. The van der Waals surface area contributed by atoms with Crippen molar-refractivity contribution in [1.29, 1.82) is 0 Å². The normalized spacial score (nSPS) is 18.1. The molecule has 1 fully saturated rings. The second-order valence-electron chi connectivity index (χ2n) is 12.6. The van der Waals surface area contributed by atoms with Crippen molar-refractivity contribution >= 4 is 44.7 Å². The van der Waals surface area contributed by atoms with Gasteiger partial charge in [0, 0.05) is 36.3 Å². The van der Waals surface area contributed by atoms with E-state index in [1.165, 1.54) is 12.1 Å². The molecule has 1 saturated heterocycles. The number of aromatic nitrogens is 5. The number of fused-ring (bicyclic) bond motifs is 5. The molecular weight excluding hydrogens is 649 g/mol. The van der Waals surface area contributed by atoms with E-state index in [2.05, 4.69) is 26.6 Å². The van der Waals surface area contributed by atoms with Gasteiger partial charge in [-0.15, -0.1) is 21.5 Å². The summed E-state index contributed by atoms with van der Waals surface area (Å²) >= 11 is 7.81. The van der Waals surface area contributed by atoms with Crippen LogP contribution in [0.2, 0.25) is 5.02 Å². The lowest BCUT2D eigenvalue weighted by atomic mass is 9.93. The van der Waals surface area contributed by atoms with Crippen molar-refractivity contribution in [1.82, 2.24) is 30.0 Å². The van der Waals surface area contributed by atoms with Gasteiger partial charge in [-0.1, -0.05) is 23.7 Å². The lowest BCUT2D eigenvalue weighted by molar-refractivity contribution is 0.0776. The van der Waals surface area contributed by atoms with Crippen molar-refractivity contribution < 1.29 is 13.6 Å². The summed E-state index contributed by atoms with van der Waals surface area (Å²) in [4.78, 5) is 31.7. The number of thiophene rings is 1. The molecule has 5 aromatic heterocycles. The van der Waals surface area contributed by atoms with Gasteiger partial charge in [0.25, 0.3) is 5.91 Å². The Bertz CT molecular complexity index is 2250. The summed E-state index contributed by atoms with van der Waals surface area (Å²) in [5.41, 5.74) is 6.77. The van der Waals surface area contributed by atoms with Crippen LogP contribution in [-0.2, 0) is 19.3 Å². The first-order valence-corrected chi connectivity index (χ1v) is 17.3. The molecule has 2 aliphatic heterocycles. The minimum absolute atomic E-state index is 0.00911. The maximum Gasteiger partial charge on any atom is 0.257 e. The standard InChI is InChI=1S/C36H29ClFN7O2S/c1-18-43-44-35(47-18)28-24(10-6-19-4-8-23(38)9-5-19)41-32-26-3-2-14-45(26)36(46)30(32)29(28)27-16-21-12-13-39-34(33(21)48-27)42-25-11-7-20-15-22(37)17-40-31(20)25/h4-5,8-9,12-13,15-17,25-26H,2-3,6-7,10-11,14H2,1H3,(H,39,42). The lowest BCUT2D eigenvalue weighted by Crippen LogP contribution is -2.22. The van der Waals surface area contributed by atoms with E-state index < -0.39 is 0 Å². The highest BCUT2D eigenvalue weighted by Gasteiger charge is 2.45. The van der Waals surface area contributed by atoms with Gasteiger partial charge in [-0.05, 0) is 85.4 Å². The van der Waals surface area contributed by atoms with Crippen molar-refractivity contribution in [2.24, 2.45) is 0 Å². The maximum atomic E-state index is 14.2. The maximum absolute atomic E-state index is 14.2. The molecule has 3 aliphatic rings. The molecule has 0 radical (unpaired) electrons. The molecule has 0 spiro atoms. The molecule has 6 aromatic rings. The number of carbonyl (C=O) groups is 1. The molecule has 9 rings (SSSR count). The number of aryl methyl sites for hydroxylation is 4. The molecular formula is C36H29ClFN7O2S. The van der Waals surface area contributed by atoms with Crippen molar-refractivity contribution in [2.45, 2.75) is 57.5 Å². The van der Waals surface area contributed by atoms with Crippen molar-refractivity contribution in [3.05, 3.63) is 105 Å². The molecule has 1 aliphatic carbocycles. The number of anilines is 1. The quantitative estimate of drug-likeness (QED) is 0.181. The molecule has 48 heavy (non-hydrogen) atoms. The van der Waals surface area contributed by atoms with Gasteiger partial charge in [-0.25, -0.2) is 9.37 Å². The first-order chi connectivity index (χ1) is 23.4. The molecule has 1 amide bonds. The summed E-state index contributed by atoms with van der Waals surface area (Å²) in [5, 5.41) is 13.9. The third kappa shape index (κ3) is 4.86. The molecule has 0 saturated carbocycles. The number of hydrogen-bond acceptors (Lipinski definition) is 9. The molecule has 2 unspecified atom stereocenters. The van der Waals surface area contributed by atoms with Crippen LogP contribution >= 0.6 is 22.9 Å². The number of hydrogen-bond donors (Lipinski definition) is 1. The molecule has 12 heteroatoms. The van der Waals surface area contributed by atoms with Gasteiger partial charge in [0.05, 0.1) is 50.0 Å². The molecule has 2 atom stereocenters. The van der Waals surface area contributed by atoms with E-state index in [0.717, 1.165) is 80.2 Å². The third-order valence-corrected chi connectivity index (χ3v) is 11.0. The van der Waals surface area contributed by atoms with E-state index in [0.29, 0.717) is 47.3 Å². The largest absolute Gasteiger partial charge is 0.421 e. The topological polar surface area (TPSA) is 110 Å². The summed E-state index contributed by atoms with van der Waals surface area (Å²) in [5.74, 6) is 1.23. The monoisotopic (exact) mass is 677 g/mol. The Hall–Kier alpha value is -4.74. The van der Waals surface area contributed by atoms with Crippen molar-refractivity contribution in [3.63, 3.8) is 0 Å². The second kappa shape index (κ2) is 11.5. The summed E-state index contributed by atoms with van der Waals surface area (Å²) in [6.45, 7) is 2.45. The van der Waals surface area contributed by atoms with Crippen LogP contribution in [0.25, 0.3) is 32.0 Å². The van der Waals surface area contributed by atoms with Crippen LogP contribution in [-0.4, -0.2) is 42.5 Å². The van der Waals surface area contributed by atoms with Gasteiger partial charge in [-0.2, -0.15) is 0 Å². The van der Waals surface area contributed by atoms with E-state index in [1.807, 2.05) is 17.0 Å². The van der Waals surface area contributed by atoms with E-state index in [-0.39, 0.29) is 23.8 Å². The molecule has 7 heterocycles. The van der Waals surface area contributed by atoms with Crippen LogP contribution in [0.4, 0.5) is 10.2 Å². The average molecular weight is 678 g/mol. The Balaban J connectivity index is 1.21. The second-order valence-corrected chi connectivity index (χ2v) is 14.1. The molecule has 9 nitrogen and oxygen atoms in total. The van der Waals surface area contributed by atoms with E-state index in [9.17, 15) is 9.18 Å². The first-order valence-electron chi connectivity index (χ1n) is 16.1. The van der Waals surface area contributed by atoms with E-state index >= 15 is 0 Å². The summed E-state index contributed by atoms with van der Waals surface area (Å²) < 4.78 is 20.8. The van der Waals surface area contributed by atoms with E-state index in [4.69, 9.17) is 26.0 Å². The van der Waals surface area contributed by atoms with Crippen LogP contribution in [0.3, 0.4) is 0 Å². The van der Waals surface area contributed by atoms with E-state index in [1.54, 1.807) is 42.8 Å². The van der Waals surface area contributed by atoms with Gasteiger partial charge in [0.1, 0.15) is 11.6 Å². The summed E-state index contributed by atoms with van der Waals surface area (Å²) in [6.07, 6.45) is 8.26. The highest BCUT2D eigenvalue weighted by atomic mass is 35.5. The van der Waals surface area contributed by atoms with Gasteiger partial charge >= 0.3 is 0 Å². The van der Waals surface area contributed by atoms with Gasteiger partial charge in [-0.3, -0.25) is 14.8 Å². The smallest absolute Gasteiger partial charge is 0.257 e. The average Bonchev–Trinajstić information content (AvgIpc) is 3.92. The zero-order valence-corrected chi connectivity index (χ0v) is 27.5. The minimum Gasteiger partial charge on any atom is -0.421 e. The SMILES string of the molecule is Cc1nnc(-c2c(CCc3ccc(F)cc3)nc3c(c2-c2cc4ccnc(NC5CCc6cc(Cl)cnc65)c4s2)C(=O)N2CCCC32)o1. The van der Waals surface area contributed by atoms with Gasteiger partial charge in [0.2, 0.25) is 11.8 Å². The molecule has 240 valence electrons. The van der Waals surface area contributed by atoms with Crippen LogP contribution in [0, 0.1) is 12.7 Å². The Morgan fingerprint density at radius 1 is 1.04 bits per heavy atom. The van der Waals surface area contributed by atoms with Crippen LogP contribution in [0.15, 0.2) is 59.3 Å². The van der Waals surface area contributed by atoms with Crippen LogP contribution < -0.4 is 5.32 Å². The number of nitrogens with zero attached hydrogens (tertiary/aromatic N) is 6. The summed E-state index contributed by atoms with van der Waals surface area (Å²) in [7, 11) is 0. The number of nitrogens with one attached hydrogen (secondary N) is 1. The minimum atomic E-state index is -0.274. The Labute approximate surface area is 284 Å². The zero-order chi connectivity index (χ0) is 32.5. The number of halogens is 2. The molecule has 0 bridgehead atoms. The highest BCUT2D eigenvalue weighted by Crippen LogP contribution is 2.50. The fourth-order valence-electron chi connectivity index (χ4n) is 7.46. The number of pyridine rings is 3. The predicted molar refractivity (Wildman–Crippen MR) is 182 cm³/mol. The highest BCUT2D eigenvalue weighted by molar-refractivity contribution is 7.23. The first kappa shape index (κ1) is 29.4.